The molecule has 1 aromatic carbocycles. The number of rotatable bonds is 5. The van der Waals surface area contributed by atoms with Crippen LogP contribution in [0, 0.1) is 5.41 Å². The Morgan fingerprint density at radius 3 is 2.75 bits per heavy atom. The molecule has 20 heavy (non-hydrogen) atoms. The maximum atomic E-state index is 12.3. The van der Waals surface area contributed by atoms with Gasteiger partial charge in [-0.15, -0.1) is 11.3 Å². The van der Waals surface area contributed by atoms with Gasteiger partial charge in [-0.05, 0) is 42.5 Å². The molecular weight excluding hydrogens is 318 g/mol. The van der Waals surface area contributed by atoms with Crippen molar-refractivity contribution in [3.05, 3.63) is 29.3 Å². The number of thiophene rings is 1. The largest absolute Gasteiger partial charge is 0.396 e. The zero-order valence-corrected chi connectivity index (χ0v) is 13.0. The molecule has 1 aliphatic rings. The SMILES string of the molecule is O=S(=O)(NCC1(CO)CC1)c1cc2cc(Cl)ccc2s1. The highest BCUT2D eigenvalue weighted by Gasteiger charge is 2.42. The van der Waals surface area contributed by atoms with Crippen LogP contribution in [0.25, 0.3) is 10.1 Å². The van der Waals surface area contributed by atoms with Crippen LogP contribution in [0.1, 0.15) is 12.8 Å². The van der Waals surface area contributed by atoms with Crippen molar-refractivity contribution in [2.45, 2.75) is 17.1 Å². The first kappa shape index (κ1) is 14.3. The predicted molar refractivity (Wildman–Crippen MR) is 80.8 cm³/mol. The molecule has 0 spiro atoms. The molecule has 1 aliphatic carbocycles. The Morgan fingerprint density at radius 2 is 2.10 bits per heavy atom. The summed E-state index contributed by atoms with van der Waals surface area (Å²) < 4.78 is 28.3. The van der Waals surface area contributed by atoms with Gasteiger partial charge in [-0.25, -0.2) is 13.1 Å². The zero-order valence-electron chi connectivity index (χ0n) is 10.6. The lowest BCUT2D eigenvalue weighted by atomic mass is 10.1. The van der Waals surface area contributed by atoms with Crippen LogP contribution in [0.2, 0.25) is 5.02 Å². The average Bonchev–Trinajstić information content (AvgIpc) is 3.08. The van der Waals surface area contributed by atoms with Gasteiger partial charge in [0.1, 0.15) is 4.21 Å². The maximum absolute atomic E-state index is 12.3. The third-order valence-electron chi connectivity index (χ3n) is 3.65. The lowest BCUT2D eigenvalue weighted by Gasteiger charge is -2.11. The highest BCUT2D eigenvalue weighted by Crippen LogP contribution is 2.44. The molecule has 0 radical (unpaired) electrons. The normalized spacial score (nSPS) is 17.5. The number of nitrogens with one attached hydrogen (secondary N) is 1. The standard InChI is InChI=1S/C13H14ClNO3S2/c14-10-1-2-11-9(5-10)6-12(19-11)20(17,18)15-7-13(8-16)3-4-13/h1-2,5-6,15-16H,3-4,7-8H2. The Bertz CT molecular complexity index is 750. The van der Waals surface area contributed by atoms with Crippen LogP contribution in [0.5, 0.6) is 0 Å². The number of sulfonamides is 1. The van der Waals surface area contributed by atoms with Gasteiger partial charge in [-0.2, -0.15) is 0 Å². The predicted octanol–water partition coefficient (Wildman–Crippen LogP) is 2.61. The van der Waals surface area contributed by atoms with E-state index in [0.29, 0.717) is 11.6 Å². The second-order valence-corrected chi connectivity index (χ2v) is 8.74. The molecule has 0 saturated heterocycles. The van der Waals surface area contributed by atoms with E-state index in [1.807, 2.05) is 6.07 Å². The van der Waals surface area contributed by atoms with Crippen LogP contribution >= 0.6 is 22.9 Å². The minimum absolute atomic E-state index is 0.0253. The highest BCUT2D eigenvalue weighted by molar-refractivity contribution is 7.91. The van der Waals surface area contributed by atoms with E-state index in [2.05, 4.69) is 4.72 Å². The van der Waals surface area contributed by atoms with E-state index < -0.39 is 10.0 Å². The van der Waals surface area contributed by atoms with E-state index in [0.717, 1.165) is 22.9 Å². The van der Waals surface area contributed by atoms with E-state index in [4.69, 9.17) is 11.6 Å². The van der Waals surface area contributed by atoms with E-state index in [-0.39, 0.29) is 16.2 Å². The fraction of sp³-hybridized carbons (Fsp3) is 0.385. The lowest BCUT2D eigenvalue weighted by Crippen LogP contribution is -2.31. The topological polar surface area (TPSA) is 66.4 Å². The third-order valence-corrected chi connectivity index (χ3v) is 6.88. The van der Waals surface area contributed by atoms with Gasteiger partial charge < -0.3 is 5.11 Å². The van der Waals surface area contributed by atoms with Crippen molar-refractivity contribution >= 4 is 43.0 Å². The molecule has 3 rings (SSSR count). The first-order chi connectivity index (χ1) is 9.44. The van der Waals surface area contributed by atoms with E-state index >= 15 is 0 Å². The Kier molecular flexibility index (Phi) is 3.54. The van der Waals surface area contributed by atoms with Gasteiger partial charge in [-0.3, -0.25) is 0 Å². The molecule has 0 aliphatic heterocycles. The van der Waals surface area contributed by atoms with E-state index in [1.165, 1.54) is 11.3 Å². The monoisotopic (exact) mass is 331 g/mol. The van der Waals surface area contributed by atoms with Crippen molar-refractivity contribution in [3.63, 3.8) is 0 Å². The summed E-state index contributed by atoms with van der Waals surface area (Å²) in [6.07, 6.45) is 1.74. The molecule has 108 valence electrons. The molecule has 7 heteroatoms. The molecule has 1 heterocycles. The van der Waals surface area contributed by atoms with Crippen molar-refractivity contribution in [1.82, 2.24) is 4.72 Å². The summed E-state index contributed by atoms with van der Waals surface area (Å²) in [5, 5.41) is 10.6. The van der Waals surface area contributed by atoms with Crippen molar-refractivity contribution in [2.24, 2.45) is 5.41 Å². The smallest absolute Gasteiger partial charge is 0.250 e. The summed E-state index contributed by atoms with van der Waals surface area (Å²) in [6.45, 7) is 0.318. The quantitative estimate of drug-likeness (QED) is 0.885. The number of aliphatic hydroxyl groups excluding tert-OH is 1. The fourth-order valence-corrected chi connectivity index (χ4v) is 4.77. The number of aliphatic hydroxyl groups is 1. The maximum Gasteiger partial charge on any atom is 0.250 e. The van der Waals surface area contributed by atoms with E-state index in [9.17, 15) is 13.5 Å². The summed E-state index contributed by atoms with van der Waals surface area (Å²) in [4.78, 5) is 0. The first-order valence-corrected chi connectivity index (χ1v) is 8.92. The van der Waals surface area contributed by atoms with Crippen LogP contribution in [-0.2, 0) is 10.0 Å². The van der Waals surface area contributed by atoms with Gasteiger partial charge in [0, 0.05) is 28.3 Å². The number of fused-ring (bicyclic) bond motifs is 1. The summed E-state index contributed by atoms with van der Waals surface area (Å²) in [6, 6.07) is 6.95. The molecule has 2 N–H and O–H groups in total. The lowest BCUT2D eigenvalue weighted by molar-refractivity contribution is 0.213. The molecule has 0 atom stereocenters. The number of benzene rings is 1. The van der Waals surface area contributed by atoms with Gasteiger partial charge in [-0.1, -0.05) is 11.6 Å². The van der Waals surface area contributed by atoms with Gasteiger partial charge in [0.2, 0.25) is 10.0 Å². The van der Waals surface area contributed by atoms with Crippen LogP contribution in [0.3, 0.4) is 0 Å². The third kappa shape index (κ3) is 2.71. The summed E-state index contributed by atoms with van der Waals surface area (Å²) in [5.74, 6) is 0. The van der Waals surface area contributed by atoms with Crippen LogP contribution < -0.4 is 4.72 Å². The summed E-state index contributed by atoms with van der Waals surface area (Å²) >= 11 is 7.12. The number of hydrogen-bond acceptors (Lipinski definition) is 4. The van der Waals surface area contributed by atoms with Crippen molar-refractivity contribution in [1.29, 1.82) is 0 Å². The molecule has 0 unspecified atom stereocenters. The minimum Gasteiger partial charge on any atom is -0.396 e. The van der Waals surface area contributed by atoms with Crippen molar-refractivity contribution < 1.29 is 13.5 Å². The average molecular weight is 332 g/mol. The van der Waals surface area contributed by atoms with Crippen molar-refractivity contribution in [3.8, 4) is 0 Å². The molecule has 4 nitrogen and oxygen atoms in total. The minimum atomic E-state index is -3.52. The number of hydrogen-bond donors (Lipinski definition) is 2. The summed E-state index contributed by atoms with van der Waals surface area (Å²) in [5.41, 5.74) is -0.243. The molecule has 1 aromatic heterocycles. The first-order valence-electron chi connectivity index (χ1n) is 6.24. The molecule has 2 aromatic rings. The molecular formula is C13H14ClNO3S2. The van der Waals surface area contributed by atoms with Gasteiger partial charge in [0.15, 0.2) is 0 Å². The molecule has 1 saturated carbocycles. The van der Waals surface area contributed by atoms with Gasteiger partial charge in [0.05, 0.1) is 0 Å². The second kappa shape index (κ2) is 4.96. The van der Waals surface area contributed by atoms with Gasteiger partial charge in [0.25, 0.3) is 0 Å². The van der Waals surface area contributed by atoms with E-state index in [1.54, 1.807) is 18.2 Å². The molecule has 0 bridgehead atoms. The Morgan fingerprint density at radius 1 is 1.35 bits per heavy atom. The molecule has 0 amide bonds. The van der Waals surface area contributed by atoms with Crippen LogP contribution in [0.4, 0.5) is 0 Å². The zero-order chi connectivity index (χ0) is 14.4. The van der Waals surface area contributed by atoms with Crippen LogP contribution in [-0.4, -0.2) is 26.7 Å². The Hall–Kier alpha value is -0.660. The fourth-order valence-electron chi connectivity index (χ4n) is 2.01. The van der Waals surface area contributed by atoms with Crippen LogP contribution in [0.15, 0.2) is 28.5 Å². The van der Waals surface area contributed by atoms with Crippen molar-refractivity contribution in [2.75, 3.05) is 13.2 Å². The summed E-state index contributed by atoms with van der Waals surface area (Å²) in [7, 11) is -3.52. The molecule has 1 fully saturated rings. The van der Waals surface area contributed by atoms with Gasteiger partial charge >= 0.3 is 0 Å². The Balaban J connectivity index is 1.85. The number of halogens is 1. The highest BCUT2D eigenvalue weighted by atomic mass is 35.5. The Labute approximate surface area is 126 Å². The second-order valence-electron chi connectivity index (χ2n) is 5.23.